The number of carboxylic acid groups (broad SMARTS) is 1. The van der Waals surface area contributed by atoms with Crippen LogP contribution in [-0.4, -0.2) is 36.6 Å². The van der Waals surface area contributed by atoms with Crippen molar-refractivity contribution in [3.05, 3.63) is 70.8 Å². The minimum absolute atomic E-state index is 0.0202. The van der Waals surface area contributed by atoms with E-state index in [0.717, 1.165) is 30.5 Å². The third kappa shape index (κ3) is 4.98. The average molecular weight is 513 g/mol. The first-order chi connectivity index (χ1) is 17.5. The van der Waals surface area contributed by atoms with E-state index in [-0.39, 0.29) is 29.6 Å². The molecule has 2 heterocycles. The molecule has 0 radical (unpaired) electrons. The van der Waals surface area contributed by atoms with Crippen LogP contribution in [0.15, 0.2) is 42.5 Å². The number of imidazole rings is 1. The van der Waals surface area contributed by atoms with Crippen LogP contribution in [0.4, 0.5) is 23.4 Å². The Bertz CT molecular complexity index is 1510. The highest BCUT2D eigenvalue weighted by molar-refractivity contribution is 5.92. The number of alkyl halides is 3. The Morgan fingerprint density at radius 1 is 1.16 bits per heavy atom. The van der Waals surface area contributed by atoms with Crippen LogP contribution in [0.3, 0.4) is 0 Å². The number of fused-ring (bicyclic) bond motifs is 1. The lowest BCUT2D eigenvalue weighted by Crippen LogP contribution is -2.20. The summed E-state index contributed by atoms with van der Waals surface area (Å²) in [7, 11) is 0. The van der Waals surface area contributed by atoms with Gasteiger partial charge in [-0.05, 0) is 56.4 Å². The lowest BCUT2D eigenvalue weighted by atomic mass is 10.1. The number of aryl methyl sites for hydroxylation is 1. The molecule has 37 heavy (non-hydrogen) atoms. The van der Waals surface area contributed by atoms with Crippen molar-refractivity contribution in [1.29, 1.82) is 0 Å². The zero-order valence-electron chi connectivity index (χ0n) is 20.0. The summed E-state index contributed by atoms with van der Waals surface area (Å²) in [5.74, 6) is -2.14. The fourth-order valence-electron chi connectivity index (χ4n) is 4.39. The highest BCUT2D eigenvalue weighted by Crippen LogP contribution is 2.36. The first-order valence-electron chi connectivity index (χ1n) is 11.7. The molecule has 0 amide bonds. The number of hydrogen-bond acceptors (Lipinski definition) is 5. The number of nitrogens with one attached hydrogen (secondary N) is 1. The monoisotopic (exact) mass is 513 g/mol. The predicted molar refractivity (Wildman–Crippen MR) is 129 cm³/mol. The summed E-state index contributed by atoms with van der Waals surface area (Å²) < 4.78 is 55.9. The van der Waals surface area contributed by atoms with Crippen molar-refractivity contribution in [3.63, 3.8) is 0 Å². The van der Waals surface area contributed by atoms with Gasteiger partial charge < -0.3 is 15.0 Å². The molecule has 0 saturated heterocycles. The van der Waals surface area contributed by atoms with E-state index >= 15 is 0 Å². The van der Waals surface area contributed by atoms with Crippen LogP contribution < -0.4 is 5.32 Å². The van der Waals surface area contributed by atoms with Gasteiger partial charge in [-0.3, -0.25) is 0 Å². The van der Waals surface area contributed by atoms with Crippen LogP contribution in [0.1, 0.15) is 47.1 Å². The van der Waals surface area contributed by atoms with Gasteiger partial charge in [-0.1, -0.05) is 29.8 Å². The number of anilines is 1. The van der Waals surface area contributed by atoms with Gasteiger partial charge in [0.25, 0.3) is 0 Å². The number of carbonyl (C=O) groups is 1. The van der Waals surface area contributed by atoms with Crippen molar-refractivity contribution in [1.82, 2.24) is 19.5 Å². The SMILES string of the molecule is Cc1cccc(-c2nc3nc(C(=O)O)nc(N[C@H](C)C4CC4)c3n2Cc2ccc(F)c(C(F)(F)F)c2)c1. The Kier molecular flexibility index (Phi) is 6.09. The van der Waals surface area contributed by atoms with Gasteiger partial charge in [0.1, 0.15) is 17.2 Å². The van der Waals surface area contributed by atoms with E-state index in [9.17, 15) is 27.5 Å². The maximum atomic E-state index is 14.0. The number of aromatic carboxylic acids is 1. The minimum atomic E-state index is -4.86. The van der Waals surface area contributed by atoms with Crippen molar-refractivity contribution < 1.29 is 27.5 Å². The first-order valence-corrected chi connectivity index (χ1v) is 11.7. The summed E-state index contributed by atoms with van der Waals surface area (Å²) >= 11 is 0. The molecule has 2 aromatic carbocycles. The summed E-state index contributed by atoms with van der Waals surface area (Å²) in [6.45, 7) is 3.74. The Morgan fingerprint density at radius 2 is 1.92 bits per heavy atom. The van der Waals surface area contributed by atoms with Crippen molar-refractivity contribution in [2.45, 2.75) is 45.5 Å². The minimum Gasteiger partial charge on any atom is -0.475 e. The number of nitrogens with zero attached hydrogens (tertiary/aromatic N) is 4. The number of halogens is 4. The molecule has 0 spiro atoms. The molecule has 0 aliphatic heterocycles. The molecule has 5 rings (SSSR count). The summed E-state index contributed by atoms with van der Waals surface area (Å²) in [4.78, 5) is 24.7. The van der Waals surface area contributed by atoms with Gasteiger partial charge in [0.2, 0.25) is 5.82 Å². The molecule has 0 bridgehead atoms. The second kappa shape index (κ2) is 9.13. The summed E-state index contributed by atoms with van der Waals surface area (Å²) in [5, 5.41) is 12.9. The van der Waals surface area contributed by atoms with E-state index in [2.05, 4.69) is 20.3 Å². The van der Waals surface area contributed by atoms with Gasteiger partial charge >= 0.3 is 12.1 Å². The van der Waals surface area contributed by atoms with Gasteiger partial charge in [-0.2, -0.15) is 13.2 Å². The Balaban J connectivity index is 1.73. The zero-order chi connectivity index (χ0) is 26.5. The van der Waals surface area contributed by atoms with Gasteiger partial charge in [0, 0.05) is 18.2 Å². The fourth-order valence-corrected chi connectivity index (χ4v) is 4.39. The van der Waals surface area contributed by atoms with Crippen molar-refractivity contribution >= 4 is 23.0 Å². The first kappa shape index (κ1) is 24.7. The molecule has 1 atom stereocenters. The smallest absolute Gasteiger partial charge is 0.419 e. The summed E-state index contributed by atoms with van der Waals surface area (Å²) in [5.41, 5.74) is 0.853. The number of benzene rings is 2. The maximum Gasteiger partial charge on any atom is 0.419 e. The standard InChI is InChI=1S/C26H23F4N5O2/c1-13-4-3-5-17(10-13)24-34-22-20(21(31-14(2)16-7-8-16)32-23(33-22)25(36)37)35(24)12-15-6-9-19(27)18(11-15)26(28,29)30/h3-6,9-11,14,16H,7-8,12H2,1-2H3,(H,36,37)(H,31,32,33)/t14-/m1/s1. The molecule has 4 aromatic rings. The lowest BCUT2D eigenvalue weighted by Gasteiger charge is -2.17. The molecule has 1 aliphatic rings. The molecule has 1 aliphatic carbocycles. The van der Waals surface area contributed by atoms with Crippen LogP contribution in [0.2, 0.25) is 0 Å². The number of hydrogen-bond donors (Lipinski definition) is 2. The largest absolute Gasteiger partial charge is 0.475 e. The van der Waals surface area contributed by atoms with E-state index < -0.39 is 29.4 Å². The predicted octanol–water partition coefficient (Wildman–Crippen LogP) is 5.92. The molecule has 11 heteroatoms. The molecular formula is C26H23F4N5O2. The van der Waals surface area contributed by atoms with E-state index in [1.54, 1.807) is 10.6 Å². The van der Waals surface area contributed by atoms with Crippen molar-refractivity contribution in [2.75, 3.05) is 5.32 Å². The third-order valence-electron chi connectivity index (χ3n) is 6.44. The molecule has 2 aromatic heterocycles. The van der Waals surface area contributed by atoms with Crippen LogP contribution in [0.25, 0.3) is 22.6 Å². The normalized spacial score (nSPS) is 14.6. The summed E-state index contributed by atoms with van der Waals surface area (Å²) in [6, 6.07) is 10.2. The summed E-state index contributed by atoms with van der Waals surface area (Å²) in [6.07, 6.45) is -2.81. The second-order valence-electron chi connectivity index (χ2n) is 9.35. The quantitative estimate of drug-likeness (QED) is 0.298. The van der Waals surface area contributed by atoms with E-state index in [4.69, 9.17) is 0 Å². The number of aromatic nitrogens is 4. The molecule has 0 unspecified atom stereocenters. The van der Waals surface area contributed by atoms with Crippen molar-refractivity contribution in [2.24, 2.45) is 5.92 Å². The zero-order valence-corrected chi connectivity index (χ0v) is 20.0. The van der Waals surface area contributed by atoms with Crippen LogP contribution in [0.5, 0.6) is 0 Å². The third-order valence-corrected chi connectivity index (χ3v) is 6.44. The Morgan fingerprint density at radius 3 is 2.57 bits per heavy atom. The van der Waals surface area contributed by atoms with Crippen LogP contribution >= 0.6 is 0 Å². The number of rotatable bonds is 7. The van der Waals surface area contributed by atoms with Gasteiger partial charge in [-0.15, -0.1) is 0 Å². The molecular weight excluding hydrogens is 490 g/mol. The van der Waals surface area contributed by atoms with Gasteiger partial charge in [-0.25, -0.2) is 24.1 Å². The topological polar surface area (TPSA) is 92.9 Å². The fraction of sp³-hybridized carbons (Fsp3) is 0.308. The van der Waals surface area contributed by atoms with E-state index in [1.165, 1.54) is 6.07 Å². The maximum absolute atomic E-state index is 14.0. The average Bonchev–Trinajstić information content (AvgIpc) is 3.62. The molecule has 192 valence electrons. The Labute approximate surface area is 209 Å². The molecule has 7 nitrogen and oxygen atoms in total. The molecule has 1 saturated carbocycles. The van der Waals surface area contributed by atoms with Crippen LogP contribution in [0, 0.1) is 18.7 Å². The van der Waals surface area contributed by atoms with Gasteiger partial charge in [0.15, 0.2) is 11.5 Å². The molecule has 1 fully saturated rings. The van der Waals surface area contributed by atoms with Crippen molar-refractivity contribution in [3.8, 4) is 11.4 Å². The number of carboxylic acids is 1. The van der Waals surface area contributed by atoms with Crippen LogP contribution in [-0.2, 0) is 12.7 Å². The van der Waals surface area contributed by atoms with Gasteiger partial charge in [0.05, 0.1) is 5.56 Å². The highest BCUT2D eigenvalue weighted by atomic mass is 19.4. The Hall–Kier alpha value is -4.02. The lowest BCUT2D eigenvalue weighted by molar-refractivity contribution is -0.140. The van der Waals surface area contributed by atoms with E-state index in [1.807, 2.05) is 32.0 Å². The molecule has 2 N–H and O–H groups in total. The highest BCUT2D eigenvalue weighted by Gasteiger charge is 2.34. The van der Waals surface area contributed by atoms with E-state index in [0.29, 0.717) is 22.8 Å². The second-order valence-corrected chi connectivity index (χ2v) is 9.35.